The normalized spacial score (nSPS) is 13.4. The topological polar surface area (TPSA) is 37.8 Å². The van der Waals surface area contributed by atoms with Crippen molar-refractivity contribution in [1.29, 1.82) is 0 Å². The van der Waals surface area contributed by atoms with Gasteiger partial charge in [0.15, 0.2) is 0 Å². The fraction of sp³-hybridized carbons (Fsp3) is 0.529. The van der Waals surface area contributed by atoms with Crippen molar-refractivity contribution >= 4 is 11.5 Å². The van der Waals surface area contributed by atoms with Crippen LogP contribution in [-0.2, 0) is 11.8 Å². The van der Waals surface area contributed by atoms with E-state index >= 15 is 0 Å². The molecule has 114 valence electrons. The van der Waals surface area contributed by atoms with Crippen LogP contribution in [0.25, 0.3) is 0 Å². The molecule has 0 spiro atoms. The van der Waals surface area contributed by atoms with Gasteiger partial charge in [0, 0.05) is 5.41 Å². The molecule has 2 aromatic rings. The van der Waals surface area contributed by atoms with Gasteiger partial charge < -0.3 is 5.32 Å². The Hall–Kier alpha value is -1.26. The lowest BCUT2D eigenvalue weighted by Gasteiger charge is -2.23. The second-order valence-electron chi connectivity index (χ2n) is 6.32. The maximum Gasteiger partial charge on any atom is 0.0860 e. The summed E-state index contributed by atoms with van der Waals surface area (Å²) in [5.74, 6) is 0. The number of aromatic nitrogens is 2. The number of benzene rings is 1. The lowest BCUT2D eigenvalue weighted by atomic mass is 9.88. The third-order valence-electron chi connectivity index (χ3n) is 3.62. The van der Waals surface area contributed by atoms with Crippen molar-refractivity contribution in [3.8, 4) is 0 Å². The highest BCUT2D eigenvalue weighted by molar-refractivity contribution is 7.05. The molecule has 2 rings (SSSR count). The maximum absolute atomic E-state index is 4.38. The Morgan fingerprint density at radius 3 is 2.33 bits per heavy atom. The van der Waals surface area contributed by atoms with E-state index in [1.54, 1.807) is 0 Å². The van der Waals surface area contributed by atoms with Gasteiger partial charge in [0.25, 0.3) is 0 Å². The van der Waals surface area contributed by atoms with Gasteiger partial charge in [0.1, 0.15) is 0 Å². The van der Waals surface area contributed by atoms with Crippen molar-refractivity contribution in [3.05, 3.63) is 46.0 Å². The Bertz CT molecular complexity index is 566. The van der Waals surface area contributed by atoms with E-state index in [0.29, 0.717) is 0 Å². The summed E-state index contributed by atoms with van der Waals surface area (Å²) < 4.78 is 4.20. The molecule has 1 aromatic heterocycles. The SMILES string of the molecule is CCNC(c1ccc(CC)cc1)c1snnc1C(C)(C)C. The number of nitrogens with zero attached hydrogens (tertiary/aromatic N) is 2. The first-order chi connectivity index (χ1) is 9.97. The predicted molar refractivity (Wildman–Crippen MR) is 89.9 cm³/mol. The maximum atomic E-state index is 4.38. The van der Waals surface area contributed by atoms with E-state index in [2.05, 4.69) is 73.8 Å². The smallest absolute Gasteiger partial charge is 0.0860 e. The fourth-order valence-electron chi connectivity index (χ4n) is 2.42. The second-order valence-corrected chi connectivity index (χ2v) is 7.11. The number of hydrogen-bond acceptors (Lipinski definition) is 4. The first kappa shape index (κ1) is 16.1. The van der Waals surface area contributed by atoms with Crippen LogP contribution in [0.2, 0.25) is 0 Å². The van der Waals surface area contributed by atoms with E-state index in [-0.39, 0.29) is 11.5 Å². The third-order valence-corrected chi connectivity index (χ3v) is 4.40. The van der Waals surface area contributed by atoms with Gasteiger partial charge in [0.05, 0.1) is 16.6 Å². The van der Waals surface area contributed by atoms with E-state index in [4.69, 9.17) is 0 Å². The summed E-state index contributed by atoms with van der Waals surface area (Å²) in [5.41, 5.74) is 3.76. The molecule has 1 heterocycles. The molecule has 1 unspecified atom stereocenters. The monoisotopic (exact) mass is 303 g/mol. The summed E-state index contributed by atoms with van der Waals surface area (Å²) in [6.45, 7) is 11.8. The number of nitrogens with one attached hydrogen (secondary N) is 1. The molecule has 1 atom stereocenters. The molecule has 0 amide bonds. The standard InChI is InChI=1S/C17H25N3S/c1-6-12-8-10-13(11-9-12)14(18-7-2)15-16(17(3,4)5)19-20-21-15/h8-11,14,18H,6-7H2,1-5H3. The Balaban J connectivity index is 2.41. The zero-order chi connectivity index (χ0) is 15.5. The molecule has 0 aliphatic carbocycles. The summed E-state index contributed by atoms with van der Waals surface area (Å²) in [7, 11) is 0. The number of hydrogen-bond donors (Lipinski definition) is 1. The summed E-state index contributed by atoms with van der Waals surface area (Å²) in [6, 6.07) is 9.04. The average molecular weight is 303 g/mol. The average Bonchev–Trinajstić information content (AvgIpc) is 2.94. The summed E-state index contributed by atoms with van der Waals surface area (Å²) in [4.78, 5) is 1.23. The van der Waals surface area contributed by atoms with Crippen molar-refractivity contribution in [3.63, 3.8) is 0 Å². The Morgan fingerprint density at radius 1 is 1.14 bits per heavy atom. The summed E-state index contributed by atoms with van der Waals surface area (Å²) in [5, 5.41) is 7.96. The zero-order valence-electron chi connectivity index (χ0n) is 13.6. The Labute approximate surface area is 132 Å². The van der Waals surface area contributed by atoms with Crippen LogP contribution in [0, 0.1) is 0 Å². The van der Waals surface area contributed by atoms with Gasteiger partial charge in [-0.3, -0.25) is 0 Å². The van der Waals surface area contributed by atoms with Gasteiger partial charge in [-0.25, -0.2) is 0 Å². The molecule has 4 heteroatoms. The van der Waals surface area contributed by atoms with E-state index in [9.17, 15) is 0 Å². The largest absolute Gasteiger partial charge is 0.306 e. The van der Waals surface area contributed by atoms with Crippen LogP contribution in [0.5, 0.6) is 0 Å². The molecular formula is C17H25N3S. The van der Waals surface area contributed by atoms with Crippen LogP contribution < -0.4 is 5.32 Å². The van der Waals surface area contributed by atoms with Gasteiger partial charge in [-0.2, -0.15) is 0 Å². The van der Waals surface area contributed by atoms with Crippen molar-refractivity contribution in [2.45, 2.75) is 52.5 Å². The van der Waals surface area contributed by atoms with E-state index in [1.807, 2.05) is 0 Å². The van der Waals surface area contributed by atoms with Crippen LogP contribution in [-0.4, -0.2) is 16.1 Å². The first-order valence-electron chi connectivity index (χ1n) is 7.62. The highest BCUT2D eigenvalue weighted by atomic mass is 32.1. The molecule has 0 aliphatic heterocycles. The van der Waals surface area contributed by atoms with Crippen molar-refractivity contribution in [1.82, 2.24) is 14.9 Å². The van der Waals surface area contributed by atoms with Crippen LogP contribution in [0.15, 0.2) is 24.3 Å². The minimum Gasteiger partial charge on any atom is -0.306 e. The molecule has 0 aliphatic rings. The first-order valence-corrected chi connectivity index (χ1v) is 8.39. The minimum atomic E-state index is 0.0133. The quantitative estimate of drug-likeness (QED) is 0.903. The molecule has 1 aromatic carbocycles. The molecule has 0 fully saturated rings. The van der Waals surface area contributed by atoms with Crippen molar-refractivity contribution in [2.75, 3.05) is 6.54 Å². The molecule has 0 saturated carbocycles. The lowest BCUT2D eigenvalue weighted by Crippen LogP contribution is -2.25. The Morgan fingerprint density at radius 2 is 1.81 bits per heavy atom. The highest BCUT2D eigenvalue weighted by Crippen LogP contribution is 2.33. The second kappa shape index (κ2) is 6.67. The zero-order valence-corrected chi connectivity index (χ0v) is 14.4. The van der Waals surface area contributed by atoms with Gasteiger partial charge in [-0.05, 0) is 35.6 Å². The van der Waals surface area contributed by atoms with E-state index in [0.717, 1.165) is 18.7 Å². The molecule has 3 nitrogen and oxygen atoms in total. The van der Waals surface area contributed by atoms with Crippen LogP contribution >= 0.6 is 11.5 Å². The fourth-order valence-corrected chi connectivity index (χ4v) is 3.39. The number of aryl methyl sites for hydroxylation is 1. The third kappa shape index (κ3) is 3.69. The minimum absolute atomic E-state index is 0.0133. The van der Waals surface area contributed by atoms with E-state index in [1.165, 1.54) is 27.5 Å². The molecule has 0 saturated heterocycles. The molecule has 1 N–H and O–H groups in total. The van der Waals surface area contributed by atoms with E-state index < -0.39 is 0 Å². The molecule has 0 radical (unpaired) electrons. The van der Waals surface area contributed by atoms with Crippen LogP contribution in [0.4, 0.5) is 0 Å². The summed E-state index contributed by atoms with van der Waals surface area (Å²) >= 11 is 1.51. The summed E-state index contributed by atoms with van der Waals surface area (Å²) in [6.07, 6.45) is 1.07. The molecule has 21 heavy (non-hydrogen) atoms. The van der Waals surface area contributed by atoms with Crippen LogP contribution in [0.3, 0.4) is 0 Å². The van der Waals surface area contributed by atoms with Crippen molar-refractivity contribution < 1.29 is 0 Å². The van der Waals surface area contributed by atoms with Gasteiger partial charge in [0.2, 0.25) is 0 Å². The Kier molecular flexibility index (Phi) is 5.12. The van der Waals surface area contributed by atoms with Gasteiger partial charge >= 0.3 is 0 Å². The van der Waals surface area contributed by atoms with Crippen molar-refractivity contribution in [2.24, 2.45) is 0 Å². The molecule has 0 bridgehead atoms. The predicted octanol–water partition coefficient (Wildman–Crippen LogP) is 4.10. The van der Waals surface area contributed by atoms with Crippen LogP contribution in [0.1, 0.15) is 62.4 Å². The van der Waals surface area contributed by atoms with Gasteiger partial charge in [-0.1, -0.05) is 63.4 Å². The molecular weight excluding hydrogens is 278 g/mol. The highest BCUT2D eigenvalue weighted by Gasteiger charge is 2.27. The number of rotatable bonds is 5. The lowest BCUT2D eigenvalue weighted by molar-refractivity contribution is 0.543. The van der Waals surface area contributed by atoms with Gasteiger partial charge in [-0.15, -0.1) is 5.10 Å².